The third kappa shape index (κ3) is 4.57. The molecule has 7 heteroatoms. The van der Waals surface area contributed by atoms with Crippen LogP contribution in [0.2, 0.25) is 0 Å². The molecule has 0 radical (unpaired) electrons. The zero-order valence-corrected chi connectivity index (χ0v) is 18.7. The number of nitrogens with zero attached hydrogens (tertiary/aromatic N) is 1. The van der Waals surface area contributed by atoms with Crippen molar-refractivity contribution in [3.63, 3.8) is 0 Å². The number of carbonyl (C=O) groups excluding carboxylic acids is 1. The normalized spacial score (nSPS) is 13.3. The second-order valence-electron chi connectivity index (χ2n) is 7.17. The van der Waals surface area contributed by atoms with Gasteiger partial charge in [0.05, 0.1) is 20.2 Å². The first-order valence-electron chi connectivity index (χ1n) is 9.98. The molecule has 0 fully saturated rings. The van der Waals surface area contributed by atoms with E-state index in [-0.39, 0.29) is 5.91 Å². The Bertz CT molecular complexity index is 1060. The lowest BCUT2D eigenvalue weighted by atomic mass is 10.0. The van der Waals surface area contributed by atoms with Crippen LogP contribution in [0.5, 0.6) is 11.5 Å². The summed E-state index contributed by atoms with van der Waals surface area (Å²) in [6.45, 7) is 1.56. The maximum Gasteiger partial charge on any atom is 0.289 e. The average Bonchev–Trinajstić information content (AvgIpc) is 3.16. The van der Waals surface area contributed by atoms with Crippen molar-refractivity contribution in [1.29, 1.82) is 0 Å². The van der Waals surface area contributed by atoms with E-state index in [1.165, 1.54) is 4.90 Å². The van der Waals surface area contributed by atoms with Crippen molar-refractivity contribution in [2.45, 2.75) is 18.0 Å². The molecule has 31 heavy (non-hydrogen) atoms. The minimum atomic E-state index is -0.174. The number of furan rings is 1. The SMILES string of the molecule is COCc1ccc(C(=O)N2CCOc3c(cc(-c4ccc(SC)cc4)cc3OC)C2)o1. The second kappa shape index (κ2) is 9.49. The Labute approximate surface area is 186 Å². The number of carbonyl (C=O) groups is 1. The lowest BCUT2D eigenvalue weighted by molar-refractivity contribution is 0.0693. The van der Waals surface area contributed by atoms with E-state index in [1.807, 2.05) is 6.07 Å². The Hall–Kier alpha value is -2.90. The molecule has 1 aliphatic heterocycles. The Morgan fingerprint density at radius 3 is 2.61 bits per heavy atom. The summed E-state index contributed by atoms with van der Waals surface area (Å²) < 4.78 is 22.3. The molecule has 4 rings (SSSR count). The molecule has 0 saturated heterocycles. The molecule has 162 valence electrons. The monoisotopic (exact) mass is 439 g/mol. The molecule has 1 amide bonds. The summed E-state index contributed by atoms with van der Waals surface area (Å²) in [5.74, 6) is 2.09. The Balaban J connectivity index is 1.65. The first kappa shape index (κ1) is 21.3. The highest BCUT2D eigenvalue weighted by molar-refractivity contribution is 7.98. The average molecular weight is 440 g/mol. The molecule has 0 aliphatic carbocycles. The molecule has 2 aromatic carbocycles. The van der Waals surface area contributed by atoms with Gasteiger partial charge in [0.1, 0.15) is 19.0 Å². The van der Waals surface area contributed by atoms with Crippen LogP contribution in [-0.4, -0.2) is 44.4 Å². The fourth-order valence-corrected chi connectivity index (χ4v) is 4.04. The van der Waals surface area contributed by atoms with Crippen molar-refractivity contribution in [2.24, 2.45) is 0 Å². The van der Waals surface area contributed by atoms with Crippen LogP contribution in [0.3, 0.4) is 0 Å². The topological polar surface area (TPSA) is 61.1 Å². The predicted octanol–water partition coefficient (Wildman–Crippen LogP) is 4.86. The number of benzene rings is 2. The van der Waals surface area contributed by atoms with Gasteiger partial charge in [-0.3, -0.25) is 4.79 Å². The highest BCUT2D eigenvalue weighted by Crippen LogP contribution is 2.39. The van der Waals surface area contributed by atoms with E-state index in [1.54, 1.807) is 43.0 Å². The van der Waals surface area contributed by atoms with E-state index >= 15 is 0 Å². The zero-order chi connectivity index (χ0) is 21.8. The molecule has 3 aromatic rings. The summed E-state index contributed by atoms with van der Waals surface area (Å²) in [5, 5.41) is 0. The highest BCUT2D eigenvalue weighted by atomic mass is 32.2. The first-order chi connectivity index (χ1) is 15.1. The molecule has 0 atom stereocenters. The molecule has 0 spiro atoms. The van der Waals surface area contributed by atoms with Crippen LogP contribution in [-0.2, 0) is 17.9 Å². The fourth-order valence-electron chi connectivity index (χ4n) is 3.63. The third-order valence-corrected chi connectivity index (χ3v) is 5.93. The molecular weight excluding hydrogens is 414 g/mol. The van der Waals surface area contributed by atoms with Crippen molar-refractivity contribution in [1.82, 2.24) is 4.90 Å². The zero-order valence-electron chi connectivity index (χ0n) is 17.8. The summed E-state index contributed by atoms with van der Waals surface area (Å²) in [6, 6.07) is 15.9. The van der Waals surface area contributed by atoms with E-state index in [2.05, 4.69) is 36.6 Å². The van der Waals surface area contributed by atoms with Crippen LogP contribution in [0.4, 0.5) is 0 Å². The third-order valence-electron chi connectivity index (χ3n) is 5.19. The summed E-state index contributed by atoms with van der Waals surface area (Å²) in [7, 11) is 3.22. The molecule has 0 saturated carbocycles. The van der Waals surface area contributed by atoms with Gasteiger partial charge in [-0.25, -0.2) is 0 Å². The van der Waals surface area contributed by atoms with Gasteiger partial charge in [0.2, 0.25) is 0 Å². The Morgan fingerprint density at radius 2 is 1.90 bits per heavy atom. The van der Waals surface area contributed by atoms with Gasteiger partial charge in [-0.1, -0.05) is 12.1 Å². The molecule has 1 aliphatic rings. The molecule has 2 heterocycles. The number of fused-ring (bicyclic) bond motifs is 1. The molecule has 1 aromatic heterocycles. The van der Waals surface area contributed by atoms with Crippen molar-refractivity contribution in [3.05, 3.63) is 65.6 Å². The number of rotatable bonds is 6. The van der Waals surface area contributed by atoms with E-state index in [9.17, 15) is 4.79 Å². The maximum atomic E-state index is 13.1. The molecule has 0 unspecified atom stereocenters. The molecule has 0 bridgehead atoms. The van der Waals surface area contributed by atoms with E-state index in [4.69, 9.17) is 18.6 Å². The van der Waals surface area contributed by atoms with Gasteiger partial charge in [-0.15, -0.1) is 11.8 Å². The van der Waals surface area contributed by atoms with Crippen LogP contribution in [0.1, 0.15) is 21.9 Å². The van der Waals surface area contributed by atoms with E-state index in [0.29, 0.717) is 49.3 Å². The number of thioether (sulfide) groups is 1. The van der Waals surface area contributed by atoms with Crippen molar-refractivity contribution < 1.29 is 23.4 Å². The van der Waals surface area contributed by atoms with Gasteiger partial charge < -0.3 is 23.5 Å². The first-order valence-corrected chi connectivity index (χ1v) is 11.2. The maximum absolute atomic E-state index is 13.1. The number of hydrogen-bond acceptors (Lipinski definition) is 6. The number of hydrogen-bond donors (Lipinski definition) is 0. The van der Waals surface area contributed by atoms with Gasteiger partial charge in [0.25, 0.3) is 5.91 Å². The predicted molar refractivity (Wildman–Crippen MR) is 120 cm³/mol. The van der Waals surface area contributed by atoms with Crippen LogP contribution < -0.4 is 9.47 Å². The molecule has 0 N–H and O–H groups in total. The van der Waals surface area contributed by atoms with Crippen molar-refractivity contribution >= 4 is 17.7 Å². The second-order valence-corrected chi connectivity index (χ2v) is 8.05. The van der Waals surface area contributed by atoms with Crippen LogP contribution in [0.25, 0.3) is 11.1 Å². The largest absolute Gasteiger partial charge is 0.493 e. The standard InChI is InChI=1S/C24H25NO5S/c1-27-15-19-6-9-21(30-19)24(26)25-10-11-29-23-18(14-25)12-17(13-22(23)28-2)16-4-7-20(31-3)8-5-16/h4-9,12-13H,10-11,14-15H2,1-3H3. The van der Waals surface area contributed by atoms with Gasteiger partial charge in [-0.05, 0) is 53.8 Å². The van der Waals surface area contributed by atoms with Gasteiger partial charge in [0.15, 0.2) is 17.3 Å². The minimum Gasteiger partial charge on any atom is -0.493 e. The van der Waals surface area contributed by atoms with Crippen LogP contribution in [0, 0.1) is 0 Å². The van der Waals surface area contributed by atoms with Gasteiger partial charge in [-0.2, -0.15) is 0 Å². The summed E-state index contributed by atoms with van der Waals surface area (Å²) in [6.07, 6.45) is 2.06. The molecule has 6 nitrogen and oxygen atoms in total. The lowest BCUT2D eigenvalue weighted by Crippen LogP contribution is -2.32. The van der Waals surface area contributed by atoms with Crippen LogP contribution in [0.15, 0.2) is 57.8 Å². The van der Waals surface area contributed by atoms with E-state index in [0.717, 1.165) is 16.7 Å². The number of amides is 1. The van der Waals surface area contributed by atoms with Crippen molar-refractivity contribution in [3.8, 4) is 22.6 Å². The van der Waals surface area contributed by atoms with Crippen molar-refractivity contribution in [2.75, 3.05) is 33.6 Å². The van der Waals surface area contributed by atoms with Crippen LogP contribution >= 0.6 is 11.8 Å². The Morgan fingerprint density at radius 1 is 1.10 bits per heavy atom. The lowest BCUT2D eigenvalue weighted by Gasteiger charge is -2.19. The highest BCUT2D eigenvalue weighted by Gasteiger charge is 2.26. The summed E-state index contributed by atoms with van der Waals surface area (Å²) in [5.41, 5.74) is 3.00. The van der Waals surface area contributed by atoms with Gasteiger partial charge in [0, 0.05) is 17.6 Å². The Kier molecular flexibility index (Phi) is 6.53. The number of methoxy groups -OCH3 is 2. The molecular formula is C24H25NO5S. The summed E-state index contributed by atoms with van der Waals surface area (Å²) >= 11 is 1.71. The quantitative estimate of drug-likeness (QED) is 0.511. The fraction of sp³-hybridized carbons (Fsp3) is 0.292. The van der Waals surface area contributed by atoms with Gasteiger partial charge >= 0.3 is 0 Å². The summed E-state index contributed by atoms with van der Waals surface area (Å²) in [4.78, 5) is 16.0. The van der Waals surface area contributed by atoms with E-state index < -0.39 is 0 Å². The smallest absolute Gasteiger partial charge is 0.289 e. The minimum absolute atomic E-state index is 0.174. The number of ether oxygens (including phenoxy) is 3.